The van der Waals surface area contributed by atoms with Gasteiger partial charge >= 0.3 is 0 Å². The molecule has 1 aliphatic rings. The second-order valence-electron chi connectivity index (χ2n) is 5.32. The first kappa shape index (κ1) is 15.8. The molecule has 1 rings (SSSR count). The Morgan fingerprint density at radius 2 is 1.83 bits per heavy atom. The van der Waals surface area contributed by atoms with Crippen LogP contribution in [-0.4, -0.2) is 39.2 Å². The van der Waals surface area contributed by atoms with Gasteiger partial charge in [-0.3, -0.25) is 4.79 Å². The van der Waals surface area contributed by atoms with E-state index in [1.165, 1.54) is 0 Å². The van der Waals surface area contributed by atoms with Gasteiger partial charge in [0.2, 0.25) is 0 Å². The standard InChI is InChI=1S/C13H26O4Si/c1-6-18(7-2,8-3)16-9-11(14)12-10-15-13(4,5)17-12/h12H,6-10H2,1-5H3. The summed E-state index contributed by atoms with van der Waals surface area (Å²) >= 11 is 0. The molecule has 0 saturated carbocycles. The third kappa shape index (κ3) is 3.88. The van der Waals surface area contributed by atoms with Crippen LogP contribution in [0.4, 0.5) is 0 Å². The van der Waals surface area contributed by atoms with Crippen molar-refractivity contribution >= 4 is 14.1 Å². The largest absolute Gasteiger partial charge is 0.409 e. The Bertz CT molecular complexity index is 278. The monoisotopic (exact) mass is 274 g/mol. The average Bonchev–Trinajstić information content (AvgIpc) is 2.72. The van der Waals surface area contributed by atoms with Gasteiger partial charge in [0.05, 0.1) is 13.2 Å². The minimum absolute atomic E-state index is 0.00722. The van der Waals surface area contributed by atoms with Crippen molar-refractivity contribution in [2.45, 2.75) is 64.6 Å². The third-order valence-electron chi connectivity index (χ3n) is 3.82. The lowest BCUT2D eigenvalue weighted by Crippen LogP contribution is -2.40. The van der Waals surface area contributed by atoms with Crippen molar-refractivity contribution in [3.05, 3.63) is 0 Å². The first-order valence-electron chi connectivity index (χ1n) is 6.86. The van der Waals surface area contributed by atoms with Crippen LogP contribution < -0.4 is 0 Å². The maximum Gasteiger partial charge on any atom is 0.192 e. The summed E-state index contributed by atoms with van der Waals surface area (Å²) in [6.45, 7) is 10.6. The van der Waals surface area contributed by atoms with Crippen LogP contribution in [0, 0.1) is 0 Å². The molecule has 1 saturated heterocycles. The van der Waals surface area contributed by atoms with Crippen molar-refractivity contribution in [3.63, 3.8) is 0 Å². The highest BCUT2D eigenvalue weighted by molar-refractivity contribution is 6.73. The molecule has 0 spiro atoms. The smallest absolute Gasteiger partial charge is 0.192 e. The summed E-state index contributed by atoms with van der Waals surface area (Å²) in [6.07, 6.45) is -0.461. The van der Waals surface area contributed by atoms with E-state index in [0.29, 0.717) is 6.61 Å². The molecule has 0 aromatic rings. The van der Waals surface area contributed by atoms with Gasteiger partial charge in [-0.25, -0.2) is 0 Å². The lowest BCUT2D eigenvalue weighted by molar-refractivity contribution is -0.153. The van der Waals surface area contributed by atoms with E-state index in [0.717, 1.165) is 18.1 Å². The van der Waals surface area contributed by atoms with Crippen molar-refractivity contribution in [3.8, 4) is 0 Å². The summed E-state index contributed by atoms with van der Waals surface area (Å²) in [7, 11) is -1.68. The van der Waals surface area contributed by atoms with Gasteiger partial charge in [-0.05, 0) is 32.0 Å². The zero-order valence-electron chi connectivity index (χ0n) is 12.2. The molecular formula is C13H26O4Si. The number of hydrogen-bond acceptors (Lipinski definition) is 4. The molecule has 0 amide bonds. The highest BCUT2D eigenvalue weighted by Gasteiger charge is 2.38. The molecule has 1 fully saturated rings. The van der Waals surface area contributed by atoms with Gasteiger partial charge < -0.3 is 13.9 Å². The van der Waals surface area contributed by atoms with Crippen LogP contribution in [0.25, 0.3) is 0 Å². The summed E-state index contributed by atoms with van der Waals surface area (Å²) in [4.78, 5) is 12.0. The molecule has 106 valence electrons. The fourth-order valence-electron chi connectivity index (χ4n) is 2.22. The Kier molecular flexibility index (Phi) is 5.52. The van der Waals surface area contributed by atoms with E-state index in [-0.39, 0.29) is 12.4 Å². The van der Waals surface area contributed by atoms with Crippen LogP contribution in [0.2, 0.25) is 18.1 Å². The summed E-state index contributed by atoms with van der Waals surface area (Å²) in [5.74, 6) is -0.637. The Balaban J connectivity index is 2.46. The highest BCUT2D eigenvalue weighted by Crippen LogP contribution is 2.25. The van der Waals surface area contributed by atoms with Crippen LogP contribution in [0.1, 0.15) is 34.6 Å². The van der Waals surface area contributed by atoms with Crippen LogP contribution >= 0.6 is 0 Å². The SMILES string of the molecule is CC[Si](CC)(CC)OCC(=O)C1COC(C)(C)O1. The number of rotatable bonds is 7. The zero-order valence-corrected chi connectivity index (χ0v) is 13.2. The predicted octanol–water partition coefficient (Wildman–Crippen LogP) is 2.73. The van der Waals surface area contributed by atoms with Gasteiger partial charge in [0, 0.05) is 0 Å². The molecule has 0 aromatic heterocycles. The molecule has 1 atom stereocenters. The summed E-state index contributed by atoms with van der Waals surface area (Å²) < 4.78 is 16.9. The van der Waals surface area contributed by atoms with Crippen LogP contribution in [0.5, 0.6) is 0 Å². The maximum atomic E-state index is 12.0. The Labute approximate surface area is 111 Å². The molecule has 0 N–H and O–H groups in total. The van der Waals surface area contributed by atoms with Crippen molar-refractivity contribution in [1.82, 2.24) is 0 Å². The van der Waals surface area contributed by atoms with Crippen molar-refractivity contribution < 1.29 is 18.7 Å². The van der Waals surface area contributed by atoms with Crippen molar-refractivity contribution in [2.24, 2.45) is 0 Å². The number of ether oxygens (including phenoxy) is 2. The molecule has 0 aliphatic carbocycles. The van der Waals surface area contributed by atoms with Gasteiger partial charge in [-0.1, -0.05) is 20.8 Å². The number of carbonyl (C=O) groups is 1. The molecule has 1 aliphatic heterocycles. The van der Waals surface area contributed by atoms with Gasteiger partial charge in [0.25, 0.3) is 0 Å². The van der Waals surface area contributed by atoms with Crippen LogP contribution in [0.3, 0.4) is 0 Å². The highest BCUT2D eigenvalue weighted by atomic mass is 28.4. The quantitative estimate of drug-likeness (QED) is 0.670. The average molecular weight is 274 g/mol. The van der Waals surface area contributed by atoms with Gasteiger partial charge in [0.1, 0.15) is 6.10 Å². The lowest BCUT2D eigenvalue weighted by Gasteiger charge is -2.28. The third-order valence-corrected chi connectivity index (χ3v) is 8.44. The van der Waals surface area contributed by atoms with E-state index in [1.807, 2.05) is 13.8 Å². The minimum Gasteiger partial charge on any atom is -0.409 e. The molecule has 0 bridgehead atoms. The second kappa shape index (κ2) is 6.28. The lowest BCUT2D eigenvalue weighted by atomic mass is 10.2. The molecule has 5 heteroatoms. The second-order valence-corrected chi connectivity index (χ2v) is 10.1. The molecule has 0 radical (unpaired) electrons. The first-order valence-corrected chi connectivity index (χ1v) is 9.39. The van der Waals surface area contributed by atoms with Crippen molar-refractivity contribution in [2.75, 3.05) is 13.2 Å². The van der Waals surface area contributed by atoms with E-state index in [2.05, 4.69) is 20.8 Å². The van der Waals surface area contributed by atoms with Crippen molar-refractivity contribution in [1.29, 1.82) is 0 Å². The van der Waals surface area contributed by atoms with Gasteiger partial charge in [-0.2, -0.15) is 0 Å². The number of carbonyl (C=O) groups excluding carboxylic acids is 1. The molecule has 1 unspecified atom stereocenters. The normalized spacial score (nSPS) is 23.3. The summed E-state index contributed by atoms with van der Waals surface area (Å²) in [5, 5.41) is 0. The number of Topliss-reactive ketones (excluding diaryl/α,β-unsaturated/α-hetero) is 1. The number of ketones is 1. The maximum absolute atomic E-state index is 12.0. The molecular weight excluding hydrogens is 248 g/mol. The fraction of sp³-hybridized carbons (Fsp3) is 0.923. The number of hydrogen-bond donors (Lipinski definition) is 0. The first-order chi connectivity index (χ1) is 8.38. The zero-order chi connectivity index (χ0) is 13.8. The fourth-order valence-corrected chi connectivity index (χ4v) is 4.78. The molecule has 4 nitrogen and oxygen atoms in total. The van der Waals surface area contributed by atoms with E-state index in [1.54, 1.807) is 0 Å². The summed E-state index contributed by atoms with van der Waals surface area (Å²) in [5.41, 5.74) is 0. The van der Waals surface area contributed by atoms with Crippen LogP contribution in [-0.2, 0) is 18.7 Å². The topological polar surface area (TPSA) is 44.8 Å². The van der Waals surface area contributed by atoms with Gasteiger partial charge in [-0.15, -0.1) is 0 Å². The van der Waals surface area contributed by atoms with E-state index in [9.17, 15) is 4.79 Å². The molecule has 1 heterocycles. The van der Waals surface area contributed by atoms with E-state index in [4.69, 9.17) is 13.9 Å². The Morgan fingerprint density at radius 1 is 1.28 bits per heavy atom. The van der Waals surface area contributed by atoms with E-state index >= 15 is 0 Å². The summed E-state index contributed by atoms with van der Waals surface area (Å²) in [6, 6.07) is 3.17. The minimum atomic E-state index is -1.68. The Hall–Kier alpha value is -0.233. The predicted molar refractivity (Wildman–Crippen MR) is 73.1 cm³/mol. The van der Waals surface area contributed by atoms with Gasteiger partial charge in [0.15, 0.2) is 19.9 Å². The van der Waals surface area contributed by atoms with E-state index < -0.39 is 20.2 Å². The molecule has 18 heavy (non-hydrogen) atoms. The molecule has 0 aromatic carbocycles. The van der Waals surface area contributed by atoms with Crippen LogP contribution in [0.15, 0.2) is 0 Å². The Morgan fingerprint density at radius 3 is 2.22 bits per heavy atom.